The summed E-state index contributed by atoms with van der Waals surface area (Å²) in [6, 6.07) is 3.97. The number of nitrogens with zero attached hydrogens (tertiary/aromatic N) is 3. The number of urea groups is 1. The Morgan fingerprint density at radius 1 is 1.18 bits per heavy atom. The summed E-state index contributed by atoms with van der Waals surface area (Å²) in [5, 5.41) is 11.6. The number of aryl methyl sites for hydroxylation is 1. The molecule has 208 valence electrons. The van der Waals surface area contributed by atoms with Crippen molar-refractivity contribution in [2.45, 2.75) is 32.2 Å². The molecule has 0 saturated carbocycles. The van der Waals surface area contributed by atoms with Crippen molar-refractivity contribution in [1.82, 2.24) is 9.88 Å². The van der Waals surface area contributed by atoms with Gasteiger partial charge in [0.1, 0.15) is 18.2 Å². The molecular formula is C25H30F4N4O5. The number of amides is 2. The number of aliphatic hydroxyl groups is 1. The number of hydrogen-bond acceptors (Lipinski definition) is 7. The first-order valence-corrected chi connectivity index (χ1v) is 12.2. The predicted octanol–water partition coefficient (Wildman–Crippen LogP) is 3.59. The van der Waals surface area contributed by atoms with Crippen LogP contribution in [0.15, 0.2) is 24.3 Å². The van der Waals surface area contributed by atoms with Crippen LogP contribution in [0.3, 0.4) is 0 Å². The molecule has 2 unspecified atom stereocenters. The fraction of sp³-hybridized carbons (Fsp3) is 0.520. The lowest BCUT2D eigenvalue weighted by Crippen LogP contribution is -2.58. The summed E-state index contributed by atoms with van der Waals surface area (Å²) in [5.41, 5.74) is 1.57. The number of rotatable bonds is 6. The van der Waals surface area contributed by atoms with Crippen LogP contribution in [0, 0.1) is 12.7 Å². The lowest BCUT2D eigenvalue weighted by atomic mass is 10.00. The summed E-state index contributed by atoms with van der Waals surface area (Å²) in [5.74, 6) is 0.133. The zero-order valence-electron chi connectivity index (χ0n) is 21.1. The number of ether oxygens (including phenoxy) is 3. The number of nitrogens with one attached hydrogen (secondary N) is 1. The van der Waals surface area contributed by atoms with Gasteiger partial charge in [0.2, 0.25) is 5.88 Å². The molecule has 2 saturated heterocycles. The van der Waals surface area contributed by atoms with E-state index in [1.165, 1.54) is 19.1 Å². The van der Waals surface area contributed by atoms with Crippen LogP contribution in [0.2, 0.25) is 0 Å². The number of aliphatic hydroxyl groups excluding tert-OH is 1. The van der Waals surface area contributed by atoms with E-state index in [4.69, 9.17) is 14.2 Å². The Bertz CT molecular complexity index is 1140. The lowest BCUT2D eigenvalue weighted by molar-refractivity contribution is -0.246. The van der Waals surface area contributed by atoms with Crippen molar-refractivity contribution < 1.29 is 41.7 Å². The number of benzene rings is 1. The Morgan fingerprint density at radius 3 is 2.61 bits per heavy atom. The maximum atomic E-state index is 14.9. The van der Waals surface area contributed by atoms with Crippen molar-refractivity contribution in [2.24, 2.45) is 0 Å². The van der Waals surface area contributed by atoms with Gasteiger partial charge in [0.15, 0.2) is 6.10 Å². The molecule has 1 aromatic carbocycles. The predicted molar refractivity (Wildman–Crippen MR) is 131 cm³/mol. The molecule has 0 radical (unpaired) electrons. The topological polar surface area (TPSA) is 96.4 Å². The Hall–Kier alpha value is -3.16. The zero-order valence-corrected chi connectivity index (χ0v) is 21.1. The summed E-state index contributed by atoms with van der Waals surface area (Å²) in [4.78, 5) is 20.4. The van der Waals surface area contributed by atoms with Crippen molar-refractivity contribution in [3.8, 4) is 17.0 Å². The van der Waals surface area contributed by atoms with Crippen LogP contribution in [0.25, 0.3) is 11.1 Å². The lowest BCUT2D eigenvalue weighted by Gasteiger charge is -2.39. The third kappa shape index (κ3) is 6.27. The molecule has 2 N–H and O–H groups in total. The number of alkyl halides is 3. The van der Waals surface area contributed by atoms with E-state index in [1.807, 2.05) is 4.90 Å². The maximum absolute atomic E-state index is 14.9. The third-order valence-corrected chi connectivity index (χ3v) is 6.47. The van der Waals surface area contributed by atoms with Crippen molar-refractivity contribution in [2.75, 3.05) is 62.9 Å². The van der Waals surface area contributed by atoms with Gasteiger partial charge in [-0.05, 0) is 48.7 Å². The van der Waals surface area contributed by atoms with Gasteiger partial charge in [-0.25, -0.2) is 9.18 Å². The minimum atomic E-state index is -4.64. The molecular weight excluding hydrogens is 512 g/mol. The van der Waals surface area contributed by atoms with Crippen LogP contribution in [0.1, 0.15) is 12.5 Å². The van der Waals surface area contributed by atoms with Gasteiger partial charge < -0.3 is 34.4 Å². The summed E-state index contributed by atoms with van der Waals surface area (Å²) >= 11 is 0. The normalized spacial score (nSPS) is 20.4. The Labute approximate surface area is 217 Å². The van der Waals surface area contributed by atoms with Crippen LogP contribution < -0.4 is 15.0 Å². The van der Waals surface area contributed by atoms with Crippen LogP contribution in [0.5, 0.6) is 5.88 Å². The molecule has 38 heavy (non-hydrogen) atoms. The van der Waals surface area contributed by atoms with Crippen LogP contribution in [0.4, 0.5) is 33.9 Å². The second-order valence-electron chi connectivity index (χ2n) is 9.07. The number of halogens is 4. The molecule has 2 aromatic rings. The number of morpholine rings is 2. The van der Waals surface area contributed by atoms with Gasteiger partial charge in [-0.2, -0.15) is 18.2 Å². The van der Waals surface area contributed by atoms with E-state index in [0.29, 0.717) is 48.8 Å². The molecule has 4 rings (SSSR count). The molecule has 0 spiro atoms. The average molecular weight is 543 g/mol. The number of carbonyl (C=O) groups is 1. The number of hydrogen-bond donors (Lipinski definition) is 2. The molecule has 1 aromatic heterocycles. The standard InChI is InChI=1S/C25H30F4N4O5/c1-15-11-19(26)20(30-24(35)33-5-9-38-23(16(33)2)25(27,28)29)14-18(15)17-12-21(32-3-7-36-8-4-32)31-22(13-17)37-10-6-34/h11-14,16,23,34H,3-10H2,1-2H3,(H,30,35). The van der Waals surface area contributed by atoms with E-state index in [0.717, 1.165) is 4.90 Å². The molecule has 0 aliphatic carbocycles. The van der Waals surface area contributed by atoms with Gasteiger partial charge in [-0.1, -0.05) is 0 Å². The summed E-state index contributed by atoms with van der Waals surface area (Å²) in [6.45, 7) is 4.67. The fourth-order valence-electron chi connectivity index (χ4n) is 4.53. The number of pyridine rings is 1. The van der Waals surface area contributed by atoms with Gasteiger partial charge in [0, 0.05) is 25.7 Å². The second-order valence-corrected chi connectivity index (χ2v) is 9.07. The Morgan fingerprint density at radius 2 is 1.92 bits per heavy atom. The highest BCUT2D eigenvalue weighted by molar-refractivity contribution is 5.91. The minimum absolute atomic E-state index is 0.0271. The molecule has 3 heterocycles. The third-order valence-electron chi connectivity index (χ3n) is 6.47. The average Bonchev–Trinajstić information content (AvgIpc) is 2.88. The molecule has 9 nitrogen and oxygen atoms in total. The highest BCUT2D eigenvalue weighted by Gasteiger charge is 2.49. The molecule has 2 aliphatic heterocycles. The Balaban J connectivity index is 1.64. The molecule has 2 amide bonds. The van der Waals surface area contributed by atoms with Crippen molar-refractivity contribution in [3.05, 3.63) is 35.6 Å². The van der Waals surface area contributed by atoms with Crippen molar-refractivity contribution in [1.29, 1.82) is 0 Å². The van der Waals surface area contributed by atoms with Crippen LogP contribution in [-0.4, -0.2) is 92.0 Å². The summed E-state index contributed by atoms with van der Waals surface area (Å²) in [7, 11) is 0. The summed E-state index contributed by atoms with van der Waals surface area (Å²) in [6.07, 6.45) is -6.77. The second kappa shape index (κ2) is 11.7. The van der Waals surface area contributed by atoms with E-state index in [1.54, 1.807) is 19.1 Å². The highest BCUT2D eigenvalue weighted by Crippen LogP contribution is 2.34. The van der Waals surface area contributed by atoms with Gasteiger partial charge in [-0.3, -0.25) is 0 Å². The highest BCUT2D eigenvalue weighted by atomic mass is 19.4. The SMILES string of the molecule is Cc1cc(F)c(NC(=O)N2CCOC(C(F)(F)F)C2C)cc1-c1cc(OCCO)nc(N2CCOCC2)c1. The first kappa shape index (κ1) is 27.9. The van der Waals surface area contributed by atoms with Gasteiger partial charge in [-0.15, -0.1) is 0 Å². The fourth-order valence-corrected chi connectivity index (χ4v) is 4.53. The molecule has 0 bridgehead atoms. The van der Waals surface area contributed by atoms with Crippen LogP contribution in [-0.2, 0) is 9.47 Å². The summed E-state index contributed by atoms with van der Waals surface area (Å²) < 4.78 is 70.6. The van der Waals surface area contributed by atoms with E-state index >= 15 is 0 Å². The number of carbonyl (C=O) groups excluding carboxylic acids is 1. The maximum Gasteiger partial charge on any atom is 0.416 e. The zero-order chi connectivity index (χ0) is 27.4. The van der Waals surface area contributed by atoms with E-state index in [-0.39, 0.29) is 37.9 Å². The largest absolute Gasteiger partial charge is 0.475 e. The van der Waals surface area contributed by atoms with E-state index in [9.17, 15) is 27.5 Å². The smallest absolute Gasteiger partial charge is 0.416 e. The number of aromatic nitrogens is 1. The van der Waals surface area contributed by atoms with E-state index < -0.39 is 30.2 Å². The van der Waals surface area contributed by atoms with Gasteiger partial charge >= 0.3 is 12.2 Å². The van der Waals surface area contributed by atoms with Crippen molar-refractivity contribution >= 4 is 17.5 Å². The first-order chi connectivity index (χ1) is 18.1. The van der Waals surface area contributed by atoms with Gasteiger partial charge in [0.05, 0.1) is 38.2 Å². The first-order valence-electron chi connectivity index (χ1n) is 12.2. The monoisotopic (exact) mass is 542 g/mol. The molecule has 2 atom stereocenters. The minimum Gasteiger partial charge on any atom is -0.475 e. The van der Waals surface area contributed by atoms with Gasteiger partial charge in [0.25, 0.3) is 0 Å². The number of anilines is 2. The van der Waals surface area contributed by atoms with Crippen molar-refractivity contribution in [3.63, 3.8) is 0 Å². The molecule has 2 aliphatic rings. The van der Waals surface area contributed by atoms with E-state index in [2.05, 4.69) is 10.3 Å². The molecule has 2 fully saturated rings. The Kier molecular flexibility index (Phi) is 8.58. The van der Waals surface area contributed by atoms with Crippen LogP contribution >= 0.6 is 0 Å². The quantitative estimate of drug-likeness (QED) is 0.539. The molecule has 13 heteroatoms.